The van der Waals surface area contributed by atoms with E-state index in [9.17, 15) is 4.79 Å². The first kappa shape index (κ1) is 18.5. The lowest BCUT2D eigenvalue weighted by Crippen LogP contribution is -2.37. The fourth-order valence-electron chi connectivity index (χ4n) is 2.57. The second-order valence-corrected chi connectivity index (χ2v) is 5.86. The minimum atomic E-state index is -0.286. The summed E-state index contributed by atoms with van der Waals surface area (Å²) in [5.41, 5.74) is 0. The Bertz CT molecular complexity index is 490. The molecule has 1 atom stereocenters. The van der Waals surface area contributed by atoms with Crippen LogP contribution in [0.3, 0.4) is 0 Å². The smallest absolute Gasteiger partial charge is 0.261 e. The van der Waals surface area contributed by atoms with Gasteiger partial charge in [-0.1, -0.05) is 19.9 Å². The predicted octanol–water partition coefficient (Wildman–Crippen LogP) is 4.41. The average Bonchev–Trinajstić information content (AvgIpc) is 2.92. The largest absolute Gasteiger partial charge is 0.490 e. The molecule has 0 saturated heterocycles. The molecule has 0 N–H and O–H groups in total. The van der Waals surface area contributed by atoms with Crippen molar-refractivity contribution in [2.24, 2.45) is 0 Å². The molecule has 0 amide bonds. The molecule has 0 aromatic carbocycles. The van der Waals surface area contributed by atoms with Crippen LogP contribution in [0.5, 0.6) is 0 Å². The third kappa shape index (κ3) is 5.02. The first-order valence-corrected chi connectivity index (χ1v) is 8.11. The fraction of sp³-hybridized carbons (Fsp3) is 0.611. The predicted molar refractivity (Wildman–Crippen MR) is 88.9 cm³/mol. The number of carbonyl (C=O) groups is 1. The lowest BCUT2D eigenvalue weighted by Gasteiger charge is -2.31. The van der Waals surface area contributed by atoms with Gasteiger partial charge in [0.15, 0.2) is 11.5 Å². The summed E-state index contributed by atoms with van der Waals surface area (Å²) in [6.07, 6.45) is 2.30. The Kier molecular flexibility index (Phi) is 7.39. The molecule has 0 aliphatic heterocycles. The van der Waals surface area contributed by atoms with E-state index in [1.54, 1.807) is 6.07 Å². The van der Waals surface area contributed by atoms with E-state index < -0.39 is 0 Å². The van der Waals surface area contributed by atoms with Crippen LogP contribution in [-0.4, -0.2) is 29.4 Å². The Morgan fingerprint density at radius 1 is 1.32 bits per heavy atom. The molecule has 0 aliphatic rings. The van der Waals surface area contributed by atoms with E-state index in [4.69, 9.17) is 9.15 Å². The summed E-state index contributed by atoms with van der Waals surface area (Å²) in [6, 6.07) is 4.46. The van der Waals surface area contributed by atoms with Crippen LogP contribution in [0.4, 0.5) is 0 Å². The van der Waals surface area contributed by atoms with Gasteiger partial charge < -0.3 is 9.15 Å². The maximum absolute atomic E-state index is 12.1. The topological polar surface area (TPSA) is 42.7 Å². The highest BCUT2D eigenvalue weighted by atomic mass is 16.5. The molecular formula is C18H29NO3. The maximum atomic E-state index is 12.1. The Morgan fingerprint density at radius 2 is 2.00 bits per heavy atom. The quantitative estimate of drug-likeness (QED) is 0.365. The fourth-order valence-corrected chi connectivity index (χ4v) is 2.57. The van der Waals surface area contributed by atoms with Crippen molar-refractivity contribution in [3.05, 3.63) is 36.0 Å². The van der Waals surface area contributed by atoms with E-state index in [-0.39, 0.29) is 11.5 Å². The van der Waals surface area contributed by atoms with E-state index in [1.807, 2.05) is 13.0 Å². The summed E-state index contributed by atoms with van der Waals surface area (Å²) in [5, 5.41) is 0. The molecule has 0 radical (unpaired) electrons. The highest BCUT2D eigenvalue weighted by Crippen LogP contribution is 2.19. The maximum Gasteiger partial charge on any atom is 0.261 e. The molecule has 4 heteroatoms. The molecule has 1 rings (SSSR count). The second kappa shape index (κ2) is 8.79. The van der Waals surface area contributed by atoms with Gasteiger partial charge in [-0.15, -0.1) is 0 Å². The minimum absolute atomic E-state index is 0.128. The van der Waals surface area contributed by atoms with E-state index >= 15 is 0 Å². The number of hydrogen-bond acceptors (Lipinski definition) is 4. The molecule has 124 valence electrons. The molecule has 1 heterocycles. The van der Waals surface area contributed by atoms with Gasteiger partial charge in [-0.2, -0.15) is 0 Å². The third-order valence-electron chi connectivity index (χ3n) is 3.73. The number of rotatable bonds is 10. The molecule has 0 aliphatic carbocycles. The Morgan fingerprint density at radius 3 is 2.55 bits per heavy atom. The summed E-state index contributed by atoms with van der Waals surface area (Å²) in [4.78, 5) is 14.5. The summed E-state index contributed by atoms with van der Waals surface area (Å²) in [5.74, 6) is 0.930. The molecule has 1 aromatic heterocycles. The molecule has 1 aromatic rings. The van der Waals surface area contributed by atoms with Crippen LogP contribution in [0.2, 0.25) is 0 Å². The number of ketones is 1. The molecule has 0 bridgehead atoms. The van der Waals surface area contributed by atoms with Gasteiger partial charge in [-0.05, 0) is 46.2 Å². The molecule has 22 heavy (non-hydrogen) atoms. The van der Waals surface area contributed by atoms with Crippen molar-refractivity contribution in [3.8, 4) is 0 Å². The van der Waals surface area contributed by atoms with E-state index in [0.29, 0.717) is 31.0 Å². The van der Waals surface area contributed by atoms with E-state index in [0.717, 1.165) is 18.6 Å². The van der Waals surface area contributed by atoms with Crippen molar-refractivity contribution in [2.45, 2.75) is 66.1 Å². The number of nitrogens with zero attached hydrogens (tertiary/aromatic N) is 1. The molecule has 0 fully saturated rings. The second-order valence-electron chi connectivity index (χ2n) is 5.86. The van der Waals surface area contributed by atoms with Crippen molar-refractivity contribution in [3.63, 3.8) is 0 Å². The number of Topliss-reactive ketones (excluding diaryl/α,β-unsaturated/α-hetero) is 1. The van der Waals surface area contributed by atoms with Crippen LogP contribution in [0, 0.1) is 0 Å². The zero-order valence-corrected chi connectivity index (χ0v) is 14.5. The zero-order chi connectivity index (χ0) is 16.7. The SMILES string of the molecule is C=C(OCC)C(=O)c1ccc(CN(C(C)C)C(C)CCC)o1. The van der Waals surface area contributed by atoms with Gasteiger partial charge in [-0.25, -0.2) is 0 Å². The summed E-state index contributed by atoms with van der Waals surface area (Å²) < 4.78 is 10.8. The van der Waals surface area contributed by atoms with Crippen LogP contribution >= 0.6 is 0 Å². The standard InChI is InChI=1S/C18H29NO3/c1-7-9-14(5)19(13(3)4)12-16-10-11-17(22-16)18(20)15(6)21-8-2/h10-11,13-14H,6-9,12H2,1-5H3. The summed E-state index contributed by atoms with van der Waals surface area (Å²) in [6.45, 7) is 15.4. The number of hydrogen-bond donors (Lipinski definition) is 0. The van der Waals surface area contributed by atoms with Gasteiger partial charge in [0, 0.05) is 12.1 Å². The molecular weight excluding hydrogens is 278 g/mol. The van der Waals surface area contributed by atoms with Crippen LogP contribution in [-0.2, 0) is 11.3 Å². The normalized spacial score (nSPS) is 12.7. The van der Waals surface area contributed by atoms with Gasteiger partial charge in [-0.3, -0.25) is 9.69 Å². The van der Waals surface area contributed by atoms with Crippen molar-refractivity contribution in [1.29, 1.82) is 0 Å². The Labute approximate surface area is 134 Å². The number of allylic oxidation sites excluding steroid dienone is 1. The highest BCUT2D eigenvalue weighted by molar-refractivity contribution is 6.04. The van der Waals surface area contributed by atoms with Crippen LogP contribution < -0.4 is 0 Å². The summed E-state index contributed by atoms with van der Waals surface area (Å²) in [7, 11) is 0. The van der Waals surface area contributed by atoms with Gasteiger partial charge >= 0.3 is 0 Å². The number of furan rings is 1. The van der Waals surface area contributed by atoms with E-state index in [2.05, 4.69) is 39.2 Å². The van der Waals surface area contributed by atoms with Crippen LogP contribution in [0.15, 0.2) is 28.9 Å². The van der Waals surface area contributed by atoms with Crippen LogP contribution in [0.1, 0.15) is 63.8 Å². The van der Waals surface area contributed by atoms with Crippen LogP contribution in [0.25, 0.3) is 0 Å². The molecule has 0 saturated carbocycles. The third-order valence-corrected chi connectivity index (χ3v) is 3.73. The Balaban J connectivity index is 2.78. The molecule has 1 unspecified atom stereocenters. The summed E-state index contributed by atoms with van der Waals surface area (Å²) >= 11 is 0. The Hall–Kier alpha value is -1.55. The van der Waals surface area contributed by atoms with Crippen molar-refractivity contribution in [1.82, 2.24) is 4.90 Å². The first-order chi connectivity index (χ1) is 10.4. The lowest BCUT2D eigenvalue weighted by atomic mass is 10.1. The monoisotopic (exact) mass is 307 g/mol. The van der Waals surface area contributed by atoms with Crippen molar-refractivity contribution in [2.75, 3.05) is 6.61 Å². The minimum Gasteiger partial charge on any atom is -0.490 e. The molecule has 0 spiro atoms. The average molecular weight is 307 g/mol. The zero-order valence-electron chi connectivity index (χ0n) is 14.5. The van der Waals surface area contributed by atoms with Gasteiger partial charge in [0.05, 0.1) is 13.2 Å². The molecule has 4 nitrogen and oxygen atoms in total. The number of carbonyl (C=O) groups excluding carboxylic acids is 1. The van der Waals surface area contributed by atoms with E-state index in [1.165, 1.54) is 0 Å². The van der Waals surface area contributed by atoms with Crippen molar-refractivity contribution < 1.29 is 13.9 Å². The number of ether oxygens (including phenoxy) is 1. The first-order valence-electron chi connectivity index (χ1n) is 8.11. The lowest BCUT2D eigenvalue weighted by molar-refractivity contribution is 0.0894. The van der Waals surface area contributed by atoms with Gasteiger partial charge in [0.25, 0.3) is 5.78 Å². The van der Waals surface area contributed by atoms with Gasteiger partial charge in [0.1, 0.15) is 5.76 Å². The van der Waals surface area contributed by atoms with Crippen molar-refractivity contribution >= 4 is 5.78 Å². The van der Waals surface area contributed by atoms with Gasteiger partial charge in [0.2, 0.25) is 0 Å². The highest BCUT2D eigenvalue weighted by Gasteiger charge is 2.20.